The largest absolute Gasteiger partial charge is 0.284 e. The van der Waals surface area contributed by atoms with E-state index in [0.29, 0.717) is 16.9 Å². The van der Waals surface area contributed by atoms with Gasteiger partial charge in [0.1, 0.15) is 11.8 Å². The van der Waals surface area contributed by atoms with Crippen LogP contribution in [-0.4, -0.2) is 24.5 Å². The van der Waals surface area contributed by atoms with Crippen molar-refractivity contribution in [3.8, 4) is 11.8 Å². The van der Waals surface area contributed by atoms with Gasteiger partial charge in [0, 0.05) is 5.69 Å². The molecule has 0 atom stereocenters. The van der Waals surface area contributed by atoms with Gasteiger partial charge < -0.3 is 0 Å². The van der Waals surface area contributed by atoms with Crippen LogP contribution in [0, 0.1) is 18.3 Å². The van der Waals surface area contributed by atoms with Crippen molar-refractivity contribution in [2.75, 3.05) is 11.0 Å². The maximum absolute atomic E-state index is 11.9. The Morgan fingerprint density at radius 2 is 1.90 bits per heavy atom. The highest BCUT2D eigenvalue weighted by molar-refractivity contribution is 7.92. The van der Waals surface area contributed by atoms with Gasteiger partial charge in [0.2, 0.25) is 10.0 Å². The Labute approximate surface area is 115 Å². The molecule has 1 heterocycles. The summed E-state index contributed by atoms with van der Waals surface area (Å²) in [6.07, 6.45) is 1.05. The number of benzene rings is 1. The van der Waals surface area contributed by atoms with Crippen LogP contribution in [0.5, 0.6) is 0 Å². The second-order valence-corrected chi connectivity index (χ2v) is 6.03. The highest BCUT2D eigenvalue weighted by Gasteiger charge is 2.11. The van der Waals surface area contributed by atoms with Gasteiger partial charge in [0.15, 0.2) is 0 Å². The van der Waals surface area contributed by atoms with Crippen molar-refractivity contribution >= 4 is 15.7 Å². The van der Waals surface area contributed by atoms with E-state index in [4.69, 9.17) is 5.26 Å². The topological polar surface area (TPSA) is 108 Å². The number of H-pyrrole nitrogens is 1. The fourth-order valence-corrected chi connectivity index (χ4v) is 2.27. The first kappa shape index (κ1) is 13.9. The van der Waals surface area contributed by atoms with Crippen molar-refractivity contribution in [3.63, 3.8) is 0 Å². The van der Waals surface area contributed by atoms with E-state index in [1.807, 2.05) is 6.07 Å². The van der Waals surface area contributed by atoms with Gasteiger partial charge in [-0.2, -0.15) is 5.26 Å². The number of nitriles is 1. The fourth-order valence-electron chi connectivity index (χ4n) is 1.70. The lowest BCUT2D eigenvalue weighted by atomic mass is 10.3. The molecule has 0 aliphatic heterocycles. The third-order valence-corrected chi connectivity index (χ3v) is 3.27. The fraction of sp³-hybridized carbons (Fsp3) is 0.167. The van der Waals surface area contributed by atoms with E-state index in [0.717, 1.165) is 6.26 Å². The minimum atomic E-state index is -3.34. The van der Waals surface area contributed by atoms with Crippen LogP contribution in [0.2, 0.25) is 0 Å². The molecule has 0 bridgehead atoms. The van der Waals surface area contributed by atoms with Crippen LogP contribution in [0.25, 0.3) is 5.69 Å². The van der Waals surface area contributed by atoms with Crippen molar-refractivity contribution in [2.45, 2.75) is 6.92 Å². The third-order valence-electron chi connectivity index (χ3n) is 2.66. The van der Waals surface area contributed by atoms with Crippen molar-refractivity contribution in [3.05, 3.63) is 45.9 Å². The van der Waals surface area contributed by atoms with Gasteiger partial charge in [-0.15, -0.1) is 0 Å². The SMILES string of the molecule is Cc1c(C#N)[nH]n(-c2ccc(NS(C)(=O)=O)cc2)c1=O. The van der Waals surface area contributed by atoms with Gasteiger partial charge in [-0.25, -0.2) is 13.1 Å². The lowest BCUT2D eigenvalue weighted by Crippen LogP contribution is -2.16. The smallest absolute Gasteiger partial charge is 0.275 e. The Hall–Kier alpha value is -2.53. The standard InChI is InChI=1S/C12H12N4O3S/c1-8-11(7-13)14-16(12(8)17)10-5-3-9(4-6-10)15-20(2,18)19/h3-6,14-15H,1-2H3. The number of hydrogen-bond donors (Lipinski definition) is 2. The maximum Gasteiger partial charge on any atom is 0.275 e. The zero-order valence-electron chi connectivity index (χ0n) is 10.8. The van der Waals surface area contributed by atoms with Gasteiger partial charge in [0.05, 0.1) is 17.5 Å². The van der Waals surface area contributed by atoms with Gasteiger partial charge in [0.25, 0.3) is 5.56 Å². The van der Waals surface area contributed by atoms with E-state index >= 15 is 0 Å². The van der Waals surface area contributed by atoms with Gasteiger partial charge in [-0.05, 0) is 31.2 Å². The van der Waals surface area contributed by atoms with E-state index in [9.17, 15) is 13.2 Å². The van der Waals surface area contributed by atoms with E-state index in [1.165, 1.54) is 16.8 Å². The Morgan fingerprint density at radius 1 is 1.30 bits per heavy atom. The van der Waals surface area contributed by atoms with Crippen LogP contribution < -0.4 is 10.3 Å². The molecule has 0 saturated heterocycles. The summed E-state index contributed by atoms with van der Waals surface area (Å²) in [6.45, 7) is 1.56. The third kappa shape index (κ3) is 2.73. The number of sulfonamides is 1. The van der Waals surface area contributed by atoms with E-state index in [-0.39, 0.29) is 11.3 Å². The summed E-state index contributed by atoms with van der Waals surface area (Å²) in [4.78, 5) is 11.9. The number of nitrogens with one attached hydrogen (secondary N) is 2. The van der Waals surface area contributed by atoms with Crippen LogP contribution in [0.3, 0.4) is 0 Å². The summed E-state index contributed by atoms with van der Waals surface area (Å²) in [5, 5.41) is 11.6. The molecule has 0 amide bonds. The molecule has 1 aromatic carbocycles. The summed E-state index contributed by atoms with van der Waals surface area (Å²) in [7, 11) is -3.34. The minimum Gasteiger partial charge on any atom is -0.284 e. The Morgan fingerprint density at radius 3 is 2.35 bits per heavy atom. The monoisotopic (exact) mass is 292 g/mol. The second kappa shape index (κ2) is 4.86. The Kier molecular flexibility index (Phi) is 3.38. The molecular weight excluding hydrogens is 280 g/mol. The molecule has 0 spiro atoms. The minimum absolute atomic E-state index is 0.202. The molecule has 8 heteroatoms. The number of hydrogen-bond acceptors (Lipinski definition) is 4. The summed E-state index contributed by atoms with van der Waals surface area (Å²) in [6, 6.07) is 8.12. The molecule has 2 N–H and O–H groups in total. The first-order valence-corrected chi connectivity index (χ1v) is 7.51. The average molecular weight is 292 g/mol. The predicted molar refractivity (Wildman–Crippen MR) is 74.3 cm³/mol. The highest BCUT2D eigenvalue weighted by Crippen LogP contribution is 2.13. The Bertz CT molecular complexity index is 838. The second-order valence-electron chi connectivity index (χ2n) is 4.29. The van der Waals surface area contributed by atoms with E-state index in [2.05, 4.69) is 9.82 Å². The molecule has 2 rings (SSSR count). The van der Waals surface area contributed by atoms with Gasteiger partial charge in [-0.1, -0.05) is 0 Å². The van der Waals surface area contributed by atoms with Crippen LogP contribution in [0.1, 0.15) is 11.3 Å². The average Bonchev–Trinajstić information content (AvgIpc) is 2.65. The van der Waals surface area contributed by atoms with Crippen molar-refractivity contribution in [1.82, 2.24) is 9.78 Å². The summed E-state index contributed by atoms with van der Waals surface area (Å²) in [5.41, 5.74) is 1.14. The molecule has 0 fully saturated rings. The van der Waals surface area contributed by atoms with Gasteiger partial charge in [-0.3, -0.25) is 14.6 Å². The van der Waals surface area contributed by atoms with Crippen LogP contribution >= 0.6 is 0 Å². The first-order chi connectivity index (χ1) is 9.31. The molecule has 2 aromatic rings. The maximum atomic E-state index is 11.9. The summed E-state index contributed by atoms with van der Waals surface area (Å²) in [5.74, 6) is 0. The zero-order valence-corrected chi connectivity index (χ0v) is 11.7. The van der Waals surface area contributed by atoms with Crippen molar-refractivity contribution in [2.24, 2.45) is 0 Å². The zero-order chi connectivity index (χ0) is 14.9. The van der Waals surface area contributed by atoms with E-state index < -0.39 is 10.0 Å². The quantitative estimate of drug-likeness (QED) is 0.868. The molecule has 0 saturated carbocycles. The number of nitrogens with zero attached hydrogens (tertiary/aromatic N) is 2. The number of aromatic amines is 1. The molecule has 0 aliphatic rings. The van der Waals surface area contributed by atoms with E-state index in [1.54, 1.807) is 19.1 Å². The lowest BCUT2D eigenvalue weighted by Gasteiger charge is -2.05. The predicted octanol–water partition coefficient (Wildman–Crippen LogP) is 0.717. The normalized spacial score (nSPS) is 11.1. The molecule has 104 valence electrons. The lowest BCUT2D eigenvalue weighted by molar-refractivity contribution is 0.607. The number of anilines is 1. The van der Waals surface area contributed by atoms with Crippen molar-refractivity contribution in [1.29, 1.82) is 5.26 Å². The molecule has 20 heavy (non-hydrogen) atoms. The van der Waals surface area contributed by atoms with Crippen LogP contribution in [0.15, 0.2) is 29.1 Å². The van der Waals surface area contributed by atoms with Gasteiger partial charge >= 0.3 is 0 Å². The molecule has 0 radical (unpaired) electrons. The highest BCUT2D eigenvalue weighted by atomic mass is 32.2. The van der Waals surface area contributed by atoms with Crippen LogP contribution in [-0.2, 0) is 10.0 Å². The summed E-state index contributed by atoms with van der Waals surface area (Å²) < 4.78 is 25.7. The molecular formula is C12H12N4O3S. The number of rotatable bonds is 3. The number of aromatic nitrogens is 2. The Balaban J connectivity index is 2.41. The molecule has 7 nitrogen and oxygen atoms in total. The molecule has 0 unspecified atom stereocenters. The first-order valence-electron chi connectivity index (χ1n) is 5.62. The summed E-state index contributed by atoms with van der Waals surface area (Å²) >= 11 is 0. The van der Waals surface area contributed by atoms with Crippen molar-refractivity contribution < 1.29 is 8.42 Å². The molecule has 1 aromatic heterocycles. The van der Waals surface area contributed by atoms with Crippen LogP contribution in [0.4, 0.5) is 5.69 Å². The molecule has 0 aliphatic carbocycles.